The number of rotatable bonds is 19. The average Bonchev–Trinajstić information content (AvgIpc) is 3.68. The van der Waals surface area contributed by atoms with Crippen LogP contribution in [0.4, 0.5) is 0 Å². The fourth-order valence-corrected chi connectivity index (χ4v) is 10.6. The van der Waals surface area contributed by atoms with Gasteiger partial charge in [-0.05, 0) is 109 Å². The Bertz CT molecular complexity index is 1920. The Labute approximate surface area is 336 Å². The Balaban J connectivity index is 1.28. The number of unbranched alkanes of at least 4 members (excludes halogenated alkanes) is 8. The summed E-state index contributed by atoms with van der Waals surface area (Å²) in [5, 5.41) is 9.54. The van der Waals surface area contributed by atoms with Crippen LogP contribution in [0.1, 0.15) is 175 Å². The van der Waals surface area contributed by atoms with Gasteiger partial charge in [-0.25, -0.2) is 4.57 Å². The summed E-state index contributed by atoms with van der Waals surface area (Å²) < 4.78 is 28.8. The van der Waals surface area contributed by atoms with Crippen LogP contribution in [0.2, 0.25) is 0 Å². The van der Waals surface area contributed by atoms with E-state index < -0.39 is 13.9 Å². The highest BCUT2D eigenvalue weighted by atomic mass is 31.1. The lowest BCUT2D eigenvalue weighted by molar-refractivity contribution is 0.0900. The maximum absolute atomic E-state index is 14.9. The van der Waals surface area contributed by atoms with Crippen LogP contribution in [0, 0.1) is 6.92 Å². The predicted octanol–water partition coefficient (Wildman–Crippen LogP) is 14.5. The van der Waals surface area contributed by atoms with Gasteiger partial charge in [-0.3, -0.25) is 4.52 Å². The molecule has 0 amide bonds. The molecular formula is C49H64N3O3P. The summed E-state index contributed by atoms with van der Waals surface area (Å²) >= 11 is 0. The molecule has 6 nitrogen and oxygen atoms in total. The van der Waals surface area contributed by atoms with Crippen LogP contribution in [0.5, 0.6) is 5.75 Å². The molecule has 0 saturated heterocycles. The van der Waals surface area contributed by atoms with Gasteiger partial charge in [0.05, 0.1) is 0 Å². The fourth-order valence-electron chi connectivity index (χ4n) is 9.62. The van der Waals surface area contributed by atoms with Crippen LogP contribution in [0.15, 0.2) is 91.0 Å². The number of benzene rings is 4. The lowest BCUT2D eigenvalue weighted by atomic mass is 9.71. The second-order valence-corrected chi connectivity index (χ2v) is 17.6. The minimum atomic E-state index is -3.13. The Morgan fingerprint density at radius 2 is 1.14 bits per heavy atom. The Morgan fingerprint density at radius 1 is 0.643 bits per heavy atom. The van der Waals surface area contributed by atoms with Crippen molar-refractivity contribution in [3.05, 3.63) is 119 Å². The summed E-state index contributed by atoms with van der Waals surface area (Å²) in [6, 6.07) is 31.7. The predicted molar refractivity (Wildman–Crippen MR) is 231 cm³/mol. The van der Waals surface area contributed by atoms with Crippen molar-refractivity contribution in [2.45, 2.75) is 160 Å². The molecule has 2 fully saturated rings. The van der Waals surface area contributed by atoms with E-state index in [1.807, 2.05) is 49.4 Å². The molecule has 0 radical (unpaired) electrons. The normalized spacial score (nSPS) is 16.3. The molecule has 56 heavy (non-hydrogen) atoms. The van der Waals surface area contributed by atoms with Crippen molar-refractivity contribution in [3.8, 4) is 11.4 Å². The van der Waals surface area contributed by atoms with Crippen molar-refractivity contribution in [1.82, 2.24) is 15.0 Å². The van der Waals surface area contributed by atoms with Crippen LogP contribution in [0.25, 0.3) is 16.7 Å². The van der Waals surface area contributed by atoms with Crippen LogP contribution in [0.3, 0.4) is 0 Å². The van der Waals surface area contributed by atoms with E-state index in [1.165, 1.54) is 131 Å². The monoisotopic (exact) mass is 773 g/mol. The summed E-state index contributed by atoms with van der Waals surface area (Å²) in [7, 11) is -3.13. The van der Waals surface area contributed by atoms with Crippen molar-refractivity contribution >= 4 is 19.3 Å². The lowest BCUT2D eigenvalue weighted by Crippen LogP contribution is -2.33. The average molecular weight is 774 g/mol. The number of aryl methyl sites for hydroxylation is 1. The second kappa shape index (κ2) is 20.1. The van der Waals surface area contributed by atoms with Crippen LogP contribution >= 0.6 is 8.25 Å². The number of fused-ring (bicyclic) bond motifs is 1. The molecule has 0 N–H and O–H groups in total. The largest absolute Gasteiger partial charge is 0.424 e. The first kappa shape index (κ1) is 40.5. The molecule has 7 heteroatoms. The molecule has 1 heterocycles. The number of hydrogen-bond donors (Lipinski definition) is 0. The second-order valence-electron chi connectivity index (χ2n) is 16.7. The molecule has 2 saturated carbocycles. The van der Waals surface area contributed by atoms with Crippen molar-refractivity contribution in [2.24, 2.45) is 0 Å². The zero-order valence-corrected chi connectivity index (χ0v) is 35.0. The third-order valence-corrected chi connectivity index (χ3v) is 13.5. The Kier molecular flexibility index (Phi) is 14.5. The standard InChI is InChI=1S/C49H64N3O3P/c1-3-4-5-6-7-8-9-10-23-36-49(43-30-19-17-28-41(43)39-24-13-11-14-25-39,44-31-20-18-29-42(44)40-26-15-12-16-27-40)55-56(53)54-48-35-34-38(2)37-47(48)52-50-45-32-21-22-33-46(45)51-52/h17-22,28-35,37,39-40,56H,3-16,23-27,36H2,1-2H3. The first-order valence-corrected chi connectivity index (χ1v) is 23.3. The van der Waals surface area contributed by atoms with Crippen LogP contribution in [-0.4, -0.2) is 15.0 Å². The SMILES string of the molecule is CCCCCCCCCCCC(O[PH](=O)Oc1ccc(C)cc1-n1nc2ccccc2n1)(c1ccccc1C1CCCCC1)c1ccccc1C1CCCCC1. The van der Waals surface area contributed by atoms with Gasteiger partial charge >= 0.3 is 8.25 Å². The molecule has 1 aromatic heterocycles. The van der Waals surface area contributed by atoms with Gasteiger partial charge in [-0.1, -0.05) is 164 Å². The molecule has 0 bridgehead atoms. The molecule has 2 aliphatic carbocycles. The van der Waals surface area contributed by atoms with E-state index in [2.05, 4.69) is 55.5 Å². The molecular weight excluding hydrogens is 710 g/mol. The van der Waals surface area contributed by atoms with Gasteiger partial charge < -0.3 is 4.52 Å². The molecule has 0 spiro atoms. The summed E-state index contributed by atoms with van der Waals surface area (Å²) in [4.78, 5) is 1.61. The number of aromatic nitrogens is 3. The van der Waals surface area contributed by atoms with Crippen molar-refractivity contribution < 1.29 is 13.6 Å². The fraction of sp³-hybridized carbons (Fsp3) is 0.510. The van der Waals surface area contributed by atoms with E-state index in [9.17, 15) is 4.57 Å². The lowest BCUT2D eigenvalue weighted by Gasteiger charge is -2.40. The third kappa shape index (κ3) is 9.86. The van der Waals surface area contributed by atoms with Gasteiger partial charge in [-0.15, -0.1) is 15.0 Å². The van der Waals surface area contributed by atoms with Crippen molar-refractivity contribution in [1.29, 1.82) is 0 Å². The van der Waals surface area contributed by atoms with Crippen molar-refractivity contribution in [3.63, 3.8) is 0 Å². The summed E-state index contributed by atoms with van der Waals surface area (Å²) in [5.74, 6) is 1.37. The first-order valence-electron chi connectivity index (χ1n) is 22.1. The Hall–Kier alpha value is -3.73. The number of hydrogen-bond acceptors (Lipinski definition) is 5. The highest BCUT2D eigenvalue weighted by Gasteiger charge is 2.43. The summed E-state index contributed by atoms with van der Waals surface area (Å²) in [5.41, 5.74) is 7.43. The summed E-state index contributed by atoms with van der Waals surface area (Å²) in [6.07, 6.45) is 24.2. The van der Waals surface area contributed by atoms with Gasteiger partial charge in [0.2, 0.25) is 0 Å². The van der Waals surface area contributed by atoms with Gasteiger partial charge in [-0.2, -0.15) is 0 Å². The molecule has 5 aromatic rings. The van der Waals surface area contributed by atoms with E-state index in [-0.39, 0.29) is 0 Å². The number of nitrogens with zero attached hydrogens (tertiary/aromatic N) is 3. The molecule has 2 aliphatic rings. The van der Waals surface area contributed by atoms with E-state index in [0.717, 1.165) is 35.9 Å². The molecule has 1 unspecified atom stereocenters. The van der Waals surface area contributed by atoms with E-state index in [1.54, 1.807) is 4.80 Å². The molecule has 298 valence electrons. The quantitative estimate of drug-likeness (QED) is 0.0617. The van der Waals surface area contributed by atoms with E-state index >= 15 is 0 Å². The van der Waals surface area contributed by atoms with Gasteiger partial charge in [0.25, 0.3) is 0 Å². The molecule has 0 aliphatic heterocycles. The van der Waals surface area contributed by atoms with Crippen LogP contribution in [-0.2, 0) is 14.7 Å². The maximum Gasteiger partial charge on any atom is 0.369 e. The zero-order valence-electron chi connectivity index (χ0n) is 34.0. The Morgan fingerprint density at radius 3 is 1.70 bits per heavy atom. The van der Waals surface area contributed by atoms with Gasteiger partial charge in [0.1, 0.15) is 22.3 Å². The van der Waals surface area contributed by atoms with E-state index in [0.29, 0.717) is 23.3 Å². The van der Waals surface area contributed by atoms with Gasteiger partial charge in [0.15, 0.2) is 5.75 Å². The highest BCUT2D eigenvalue weighted by molar-refractivity contribution is 7.33. The molecule has 4 aromatic carbocycles. The summed E-state index contributed by atoms with van der Waals surface area (Å²) in [6.45, 7) is 4.32. The topological polar surface area (TPSA) is 66.2 Å². The third-order valence-electron chi connectivity index (χ3n) is 12.6. The molecule has 1 atom stereocenters. The van der Waals surface area contributed by atoms with Crippen LogP contribution < -0.4 is 4.52 Å². The minimum Gasteiger partial charge on any atom is -0.424 e. The molecule has 7 rings (SSSR count). The highest BCUT2D eigenvalue weighted by Crippen LogP contribution is 2.52. The first-order chi connectivity index (χ1) is 27.6. The van der Waals surface area contributed by atoms with Crippen molar-refractivity contribution in [2.75, 3.05) is 0 Å². The maximum atomic E-state index is 14.9. The smallest absolute Gasteiger partial charge is 0.369 e. The van der Waals surface area contributed by atoms with E-state index in [4.69, 9.17) is 19.2 Å². The zero-order chi connectivity index (χ0) is 38.6. The van der Waals surface area contributed by atoms with Gasteiger partial charge in [0, 0.05) is 0 Å². The minimum absolute atomic E-state index is 0.456.